The van der Waals surface area contributed by atoms with Gasteiger partial charge >= 0.3 is 11.9 Å². The van der Waals surface area contributed by atoms with Crippen LogP contribution in [0.15, 0.2) is 36.4 Å². The van der Waals surface area contributed by atoms with E-state index in [1.807, 2.05) is 0 Å². The molecule has 2 unspecified atom stereocenters. The van der Waals surface area contributed by atoms with Crippen LogP contribution in [0.4, 0.5) is 0 Å². The summed E-state index contributed by atoms with van der Waals surface area (Å²) in [6.07, 6.45) is 0. The van der Waals surface area contributed by atoms with Crippen LogP contribution in [-0.4, -0.2) is 66.2 Å². The molecule has 1 N–H and O–H groups in total. The Kier molecular flexibility index (Phi) is 5.09. The van der Waals surface area contributed by atoms with E-state index in [2.05, 4.69) is 10.8 Å². The smallest absolute Gasteiger partial charge is 0.330 e. The van der Waals surface area contributed by atoms with Crippen LogP contribution >= 0.6 is 0 Å². The molecule has 4 atom stereocenters. The van der Waals surface area contributed by atoms with E-state index in [4.69, 9.17) is 0 Å². The zero-order chi connectivity index (χ0) is 21.6. The zero-order valence-electron chi connectivity index (χ0n) is 15.4. The van der Waals surface area contributed by atoms with Gasteiger partial charge in [-0.15, -0.1) is 0 Å². The molecular weight excluding hydrogens is 404 g/mol. The van der Waals surface area contributed by atoms with E-state index in [9.17, 15) is 33.3 Å². The second-order valence-electron chi connectivity index (χ2n) is 6.53. The number of carbonyl (C=O) groups is 5. The van der Waals surface area contributed by atoms with Gasteiger partial charge in [0.1, 0.15) is 0 Å². The molecule has 0 bridgehead atoms. The highest BCUT2D eigenvalue weighted by Crippen LogP contribution is 2.37. The molecule has 1 fully saturated rings. The van der Waals surface area contributed by atoms with Crippen molar-refractivity contribution in [1.29, 1.82) is 0 Å². The van der Waals surface area contributed by atoms with Gasteiger partial charge in [-0.1, -0.05) is 18.7 Å². The Balaban J connectivity index is 2.03. The van der Waals surface area contributed by atoms with Crippen molar-refractivity contribution in [3.05, 3.63) is 47.5 Å². The number of amides is 3. The van der Waals surface area contributed by atoms with E-state index in [0.717, 1.165) is 6.92 Å². The molecule has 2 heterocycles. The minimum absolute atomic E-state index is 0.0523. The molecule has 1 saturated heterocycles. The van der Waals surface area contributed by atoms with Crippen LogP contribution < -0.4 is 0 Å². The van der Waals surface area contributed by atoms with E-state index < -0.39 is 58.2 Å². The molecule has 11 heteroatoms. The number of carboxylic acids is 1. The zero-order valence-corrected chi connectivity index (χ0v) is 16.2. The molecular formula is C18H16N2O8S. The average Bonchev–Trinajstić information content (AvgIpc) is 2.87. The molecule has 0 spiro atoms. The van der Waals surface area contributed by atoms with Gasteiger partial charge in [0.2, 0.25) is 11.1 Å². The highest BCUT2D eigenvalue weighted by atomic mass is 32.2. The van der Waals surface area contributed by atoms with E-state index in [1.165, 1.54) is 19.1 Å². The summed E-state index contributed by atoms with van der Waals surface area (Å²) in [5, 5.41) is 7.92. The van der Waals surface area contributed by atoms with Gasteiger partial charge in [-0.2, -0.15) is 0 Å². The van der Waals surface area contributed by atoms with Gasteiger partial charge in [0.05, 0.1) is 11.1 Å². The molecule has 0 aliphatic carbocycles. The fourth-order valence-electron chi connectivity index (χ4n) is 3.37. The molecule has 1 aromatic carbocycles. The quantitative estimate of drug-likeness (QED) is 0.388. The summed E-state index contributed by atoms with van der Waals surface area (Å²) in [6.45, 7) is 5.86. The van der Waals surface area contributed by atoms with Gasteiger partial charge < -0.3 is 14.2 Å². The fraction of sp³-hybridized carbons (Fsp3) is 0.278. The lowest BCUT2D eigenvalue weighted by molar-refractivity contribution is -0.162. The third-order valence-electron chi connectivity index (χ3n) is 4.53. The summed E-state index contributed by atoms with van der Waals surface area (Å²) in [5.74, 6) is -4.87. The van der Waals surface area contributed by atoms with Crippen LogP contribution in [0.1, 0.15) is 34.6 Å². The maximum absolute atomic E-state index is 12.8. The maximum atomic E-state index is 12.8. The minimum Gasteiger partial charge on any atom is -0.479 e. The first-order chi connectivity index (χ1) is 13.6. The van der Waals surface area contributed by atoms with Crippen LogP contribution in [0, 0.1) is 0 Å². The Morgan fingerprint density at radius 2 is 1.66 bits per heavy atom. The number of nitrogens with zero attached hydrogens (tertiary/aromatic N) is 2. The van der Waals surface area contributed by atoms with Crippen molar-refractivity contribution in [3.63, 3.8) is 0 Å². The molecule has 0 aromatic heterocycles. The molecule has 3 rings (SSSR count). The van der Waals surface area contributed by atoms with Crippen LogP contribution in [0.2, 0.25) is 0 Å². The van der Waals surface area contributed by atoms with Gasteiger partial charge in [0.25, 0.3) is 17.7 Å². The van der Waals surface area contributed by atoms with E-state index in [1.54, 1.807) is 12.1 Å². The summed E-state index contributed by atoms with van der Waals surface area (Å²) in [4.78, 5) is 62.5. The number of hydrogen-bond acceptors (Lipinski definition) is 7. The number of benzene rings is 1. The van der Waals surface area contributed by atoms with Crippen LogP contribution in [0.25, 0.3) is 0 Å². The van der Waals surface area contributed by atoms with Gasteiger partial charge in [-0.3, -0.25) is 24.1 Å². The second-order valence-corrected chi connectivity index (χ2v) is 7.70. The van der Waals surface area contributed by atoms with Gasteiger partial charge in [0, 0.05) is 6.92 Å². The molecule has 152 valence electrons. The van der Waals surface area contributed by atoms with Crippen molar-refractivity contribution in [2.24, 2.45) is 0 Å². The molecule has 0 radical (unpaired) electrons. The number of β-lactam (4-membered cyclic amide) rings is 1. The number of rotatable bonds is 6. The molecule has 0 saturated carbocycles. The number of hydrogen-bond donors (Lipinski definition) is 1. The van der Waals surface area contributed by atoms with Crippen LogP contribution in [-0.2, 0) is 29.6 Å². The molecule has 1 aromatic rings. The van der Waals surface area contributed by atoms with Crippen molar-refractivity contribution in [3.8, 4) is 0 Å². The number of carboxylic acid groups (broad SMARTS) is 1. The Hall–Kier alpha value is -3.34. The topological polar surface area (TPSA) is 138 Å². The standard InChI is InChI=1S/C18H16N2O8S/c1-8(2)12(18(25)26)20-16(24)13(17(20)29(27)28-9(3)21)19-14(22)10-6-4-5-7-11(10)15(19)23/h4-7,12-13,17H,1H2,2-3H3,(H,25,26)/t12?,13-,17-,29?/m1/s1. The Morgan fingerprint density at radius 1 is 1.14 bits per heavy atom. The number of fused-ring (bicyclic) bond motifs is 1. The highest BCUT2D eigenvalue weighted by Gasteiger charge is 2.62. The normalized spacial score (nSPS) is 22.6. The number of likely N-dealkylation sites (tertiary alicyclic amines) is 1. The molecule has 2 aliphatic rings. The number of imide groups is 1. The first-order valence-electron chi connectivity index (χ1n) is 8.34. The Bertz CT molecular complexity index is 954. The predicted octanol–water partition coefficient (Wildman–Crippen LogP) is 0.0756. The summed E-state index contributed by atoms with van der Waals surface area (Å²) in [6, 6.07) is 2.74. The first kappa shape index (κ1) is 20.4. The largest absolute Gasteiger partial charge is 0.479 e. The van der Waals surface area contributed by atoms with Crippen LogP contribution in [0.5, 0.6) is 0 Å². The van der Waals surface area contributed by atoms with Crippen molar-refractivity contribution < 1.29 is 37.5 Å². The monoisotopic (exact) mass is 420 g/mol. The van der Waals surface area contributed by atoms with Crippen molar-refractivity contribution in [1.82, 2.24) is 9.80 Å². The summed E-state index contributed by atoms with van der Waals surface area (Å²) >= 11 is -2.53. The Morgan fingerprint density at radius 3 is 2.07 bits per heavy atom. The SMILES string of the molecule is C=C(C)C(C(=O)O)N1C(=O)[C@@H](N2C(=O)c3ccccc3C2=O)[C@H]1S(=O)OC(C)=O. The summed E-state index contributed by atoms with van der Waals surface area (Å²) in [7, 11) is 0. The third-order valence-corrected chi connectivity index (χ3v) is 5.81. The van der Waals surface area contributed by atoms with E-state index >= 15 is 0 Å². The van der Waals surface area contributed by atoms with Gasteiger partial charge in [-0.25, -0.2) is 9.00 Å². The van der Waals surface area contributed by atoms with E-state index in [0.29, 0.717) is 9.80 Å². The summed E-state index contributed by atoms with van der Waals surface area (Å²) < 4.78 is 17.2. The van der Waals surface area contributed by atoms with Crippen LogP contribution in [0.3, 0.4) is 0 Å². The van der Waals surface area contributed by atoms with Crippen molar-refractivity contribution >= 4 is 40.7 Å². The van der Waals surface area contributed by atoms with Crippen molar-refractivity contribution in [2.75, 3.05) is 0 Å². The van der Waals surface area contributed by atoms with Gasteiger partial charge in [-0.05, 0) is 24.6 Å². The Labute approximate surface area is 167 Å². The third kappa shape index (κ3) is 3.12. The average molecular weight is 420 g/mol. The number of carbonyl (C=O) groups excluding carboxylic acids is 4. The minimum atomic E-state index is -2.53. The lowest BCUT2D eigenvalue weighted by atomic mass is 9.98. The molecule has 10 nitrogen and oxygen atoms in total. The highest BCUT2D eigenvalue weighted by molar-refractivity contribution is 7.81. The van der Waals surface area contributed by atoms with Crippen molar-refractivity contribution in [2.45, 2.75) is 31.3 Å². The first-order valence-corrected chi connectivity index (χ1v) is 9.48. The lowest BCUT2D eigenvalue weighted by Gasteiger charge is -2.49. The van der Waals surface area contributed by atoms with E-state index in [-0.39, 0.29) is 16.7 Å². The molecule has 29 heavy (non-hydrogen) atoms. The predicted molar refractivity (Wildman–Crippen MR) is 97.5 cm³/mol. The number of aliphatic carboxylic acids is 1. The van der Waals surface area contributed by atoms with Gasteiger partial charge in [0.15, 0.2) is 17.5 Å². The molecule has 2 aliphatic heterocycles. The summed E-state index contributed by atoms with van der Waals surface area (Å²) in [5.41, 5.74) is 0.183. The molecule has 3 amide bonds. The lowest BCUT2D eigenvalue weighted by Crippen LogP contribution is -2.76. The fourth-order valence-corrected chi connectivity index (χ4v) is 4.56. The second kappa shape index (κ2) is 7.24. The maximum Gasteiger partial charge on any atom is 0.330 e.